The number of aryl methyl sites for hydroxylation is 1. The molecule has 0 radical (unpaired) electrons. The lowest BCUT2D eigenvalue weighted by Crippen LogP contribution is -2.20. The van der Waals surface area contributed by atoms with Crippen molar-refractivity contribution < 1.29 is 4.39 Å². The van der Waals surface area contributed by atoms with Gasteiger partial charge in [-0.25, -0.2) is 4.39 Å². The van der Waals surface area contributed by atoms with Crippen molar-refractivity contribution in [3.05, 3.63) is 89.5 Å². The van der Waals surface area contributed by atoms with Crippen LogP contribution in [0.25, 0.3) is 10.8 Å². The summed E-state index contributed by atoms with van der Waals surface area (Å²) >= 11 is 5.55. The first kappa shape index (κ1) is 19.1. The van der Waals surface area contributed by atoms with Crippen LogP contribution in [-0.4, -0.2) is 14.9 Å². The molecule has 0 aliphatic rings. The Balaban J connectivity index is 1.53. The van der Waals surface area contributed by atoms with E-state index in [0.29, 0.717) is 11.7 Å². The van der Waals surface area contributed by atoms with E-state index in [9.17, 15) is 4.39 Å². The summed E-state index contributed by atoms with van der Waals surface area (Å²) in [6.45, 7) is 4.40. The lowest BCUT2D eigenvalue weighted by molar-refractivity contribution is 0.616. The molecule has 0 bridgehead atoms. The Morgan fingerprint density at radius 1 is 1.00 bits per heavy atom. The molecule has 0 aliphatic carbocycles. The molecule has 4 aromatic rings. The molecule has 0 spiro atoms. The lowest BCUT2D eigenvalue weighted by Gasteiger charge is -2.13. The molecule has 29 heavy (non-hydrogen) atoms. The minimum atomic E-state index is -0.247. The first-order valence-electron chi connectivity index (χ1n) is 9.35. The van der Waals surface area contributed by atoms with E-state index in [1.54, 1.807) is 6.07 Å². The summed E-state index contributed by atoms with van der Waals surface area (Å²) in [6, 6.07) is 20.8. The van der Waals surface area contributed by atoms with Crippen molar-refractivity contribution in [2.75, 3.05) is 10.6 Å². The van der Waals surface area contributed by atoms with Crippen LogP contribution in [0.5, 0.6) is 0 Å². The Labute approximate surface area is 174 Å². The van der Waals surface area contributed by atoms with Crippen molar-refractivity contribution in [1.29, 1.82) is 0 Å². The van der Waals surface area contributed by atoms with E-state index in [1.807, 2.05) is 48.9 Å². The summed E-state index contributed by atoms with van der Waals surface area (Å²) < 4.78 is 15.3. The van der Waals surface area contributed by atoms with Gasteiger partial charge in [-0.05, 0) is 55.2 Å². The number of anilines is 2. The molecule has 0 fully saturated rings. The van der Waals surface area contributed by atoms with Gasteiger partial charge < -0.3 is 10.6 Å². The van der Waals surface area contributed by atoms with Crippen molar-refractivity contribution in [2.45, 2.75) is 20.4 Å². The van der Waals surface area contributed by atoms with Crippen molar-refractivity contribution in [3.63, 3.8) is 0 Å². The quantitative estimate of drug-likeness (QED) is 0.431. The van der Waals surface area contributed by atoms with Gasteiger partial charge in [-0.15, -0.1) is 0 Å². The van der Waals surface area contributed by atoms with Gasteiger partial charge in [0.15, 0.2) is 5.11 Å². The normalized spacial score (nSPS) is 10.9. The highest BCUT2D eigenvalue weighted by Gasteiger charge is 2.14. The number of rotatable bonds is 4. The fraction of sp³-hybridized carbons (Fsp3) is 0.130. The fourth-order valence-corrected chi connectivity index (χ4v) is 3.65. The van der Waals surface area contributed by atoms with Crippen LogP contribution in [0.3, 0.4) is 0 Å². The van der Waals surface area contributed by atoms with Gasteiger partial charge in [-0.3, -0.25) is 4.68 Å². The van der Waals surface area contributed by atoms with Crippen molar-refractivity contribution in [3.8, 4) is 0 Å². The Morgan fingerprint density at radius 2 is 1.76 bits per heavy atom. The molecular formula is C23H21FN4S. The zero-order chi connectivity index (χ0) is 20.4. The molecule has 1 heterocycles. The van der Waals surface area contributed by atoms with Crippen LogP contribution in [0.1, 0.15) is 17.0 Å². The smallest absolute Gasteiger partial charge is 0.175 e. The van der Waals surface area contributed by atoms with E-state index >= 15 is 0 Å². The molecular weight excluding hydrogens is 383 g/mol. The van der Waals surface area contributed by atoms with Crippen LogP contribution in [0.15, 0.2) is 66.7 Å². The summed E-state index contributed by atoms with van der Waals surface area (Å²) in [4.78, 5) is 0. The molecule has 3 aromatic carbocycles. The number of halogens is 1. The van der Waals surface area contributed by atoms with Gasteiger partial charge in [0.05, 0.1) is 23.6 Å². The molecule has 0 saturated carbocycles. The van der Waals surface area contributed by atoms with Crippen LogP contribution >= 0.6 is 12.2 Å². The van der Waals surface area contributed by atoms with E-state index in [0.717, 1.165) is 39.1 Å². The molecule has 0 unspecified atom stereocenters. The van der Waals surface area contributed by atoms with Crippen molar-refractivity contribution in [1.82, 2.24) is 9.78 Å². The second-order valence-electron chi connectivity index (χ2n) is 6.94. The Bertz CT molecular complexity index is 1190. The molecule has 0 saturated heterocycles. The van der Waals surface area contributed by atoms with Crippen LogP contribution in [0.4, 0.5) is 15.8 Å². The van der Waals surface area contributed by atoms with E-state index in [-0.39, 0.29) is 5.82 Å². The number of hydrogen-bond acceptors (Lipinski definition) is 2. The van der Waals surface area contributed by atoms with E-state index in [2.05, 4.69) is 33.9 Å². The predicted molar refractivity (Wildman–Crippen MR) is 121 cm³/mol. The van der Waals surface area contributed by atoms with Crippen molar-refractivity contribution >= 4 is 39.5 Å². The van der Waals surface area contributed by atoms with Gasteiger partial charge in [0, 0.05) is 11.1 Å². The van der Waals surface area contributed by atoms with Crippen LogP contribution < -0.4 is 10.6 Å². The van der Waals surface area contributed by atoms with Gasteiger partial charge in [0.1, 0.15) is 5.82 Å². The number of nitrogens with one attached hydrogen (secondary N) is 2. The zero-order valence-corrected chi connectivity index (χ0v) is 17.1. The van der Waals surface area contributed by atoms with Crippen LogP contribution in [-0.2, 0) is 6.54 Å². The summed E-state index contributed by atoms with van der Waals surface area (Å²) in [6.07, 6.45) is 0. The maximum absolute atomic E-state index is 13.5. The summed E-state index contributed by atoms with van der Waals surface area (Å²) in [5.74, 6) is -0.247. The Hall–Kier alpha value is -3.25. The van der Waals surface area contributed by atoms with Gasteiger partial charge in [-0.1, -0.05) is 48.5 Å². The number of fused-ring (bicyclic) bond motifs is 1. The van der Waals surface area contributed by atoms with Gasteiger partial charge in [0.2, 0.25) is 0 Å². The largest absolute Gasteiger partial charge is 0.332 e. The highest BCUT2D eigenvalue weighted by atomic mass is 32.1. The third-order valence-corrected chi connectivity index (χ3v) is 5.08. The third-order valence-electron chi connectivity index (χ3n) is 4.88. The number of thiocarbonyl (C=S) groups is 1. The summed E-state index contributed by atoms with van der Waals surface area (Å²) in [5.41, 5.74) is 4.44. The fourth-order valence-electron chi connectivity index (χ4n) is 3.44. The molecule has 1 aromatic heterocycles. The van der Waals surface area contributed by atoms with Crippen LogP contribution in [0, 0.1) is 19.7 Å². The molecule has 0 amide bonds. The maximum atomic E-state index is 13.5. The second kappa shape index (κ2) is 8.01. The number of hydrogen-bond donors (Lipinski definition) is 2. The van der Waals surface area contributed by atoms with Gasteiger partial charge >= 0.3 is 0 Å². The second-order valence-corrected chi connectivity index (χ2v) is 7.35. The summed E-state index contributed by atoms with van der Waals surface area (Å²) in [5, 5.41) is 13.9. The van der Waals surface area contributed by atoms with Crippen molar-refractivity contribution in [2.24, 2.45) is 0 Å². The highest BCUT2D eigenvalue weighted by molar-refractivity contribution is 7.80. The molecule has 4 nitrogen and oxygen atoms in total. The van der Waals surface area contributed by atoms with E-state index in [4.69, 9.17) is 12.2 Å². The van der Waals surface area contributed by atoms with Gasteiger partial charge in [-0.2, -0.15) is 5.10 Å². The predicted octanol–water partition coefficient (Wildman–Crippen LogP) is 5.65. The SMILES string of the molecule is Cc1nn(Cc2cccc(F)c2)c(C)c1NC(=S)Nc1cccc2ccccc12. The Kier molecular flexibility index (Phi) is 5.27. The number of aromatic nitrogens is 2. The molecule has 146 valence electrons. The average molecular weight is 405 g/mol. The molecule has 2 N–H and O–H groups in total. The minimum absolute atomic E-state index is 0.247. The number of nitrogens with zero attached hydrogens (tertiary/aromatic N) is 2. The van der Waals surface area contributed by atoms with E-state index in [1.165, 1.54) is 12.1 Å². The monoisotopic (exact) mass is 404 g/mol. The molecule has 0 aliphatic heterocycles. The van der Waals surface area contributed by atoms with Crippen LogP contribution in [0.2, 0.25) is 0 Å². The molecule has 6 heteroatoms. The number of benzene rings is 3. The average Bonchev–Trinajstić information content (AvgIpc) is 2.96. The Morgan fingerprint density at radius 3 is 2.59 bits per heavy atom. The molecule has 0 atom stereocenters. The minimum Gasteiger partial charge on any atom is -0.332 e. The highest BCUT2D eigenvalue weighted by Crippen LogP contribution is 2.24. The maximum Gasteiger partial charge on any atom is 0.175 e. The first-order valence-corrected chi connectivity index (χ1v) is 9.76. The third kappa shape index (κ3) is 4.12. The first-order chi connectivity index (χ1) is 14.0. The lowest BCUT2D eigenvalue weighted by atomic mass is 10.1. The topological polar surface area (TPSA) is 41.9 Å². The van der Waals surface area contributed by atoms with Gasteiger partial charge in [0.25, 0.3) is 0 Å². The molecule has 4 rings (SSSR count). The zero-order valence-electron chi connectivity index (χ0n) is 16.2. The van der Waals surface area contributed by atoms with E-state index < -0.39 is 0 Å². The summed E-state index contributed by atoms with van der Waals surface area (Å²) in [7, 11) is 0. The standard InChI is InChI=1S/C23H21FN4S/c1-15-22(16(2)28(27-15)14-17-7-5-10-19(24)13-17)26-23(29)25-21-12-6-9-18-8-3-4-11-20(18)21/h3-13H,14H2,1-2H3,(H2,25,26,29).